The molecule has 0 bridgehead atoms. The zero-order chi connectivity index (χ0) is 19.5. The molecule has 1 aromatic carbocycles. The topological polar surface area (TPSA) is 66.5 Å². The molecule has 0 aliphatic carbocycles. The van der Waals surface area contributed by atoms with Gasteiger partial charge in [0.1, 0.15) is 12.8 Å². The van der Waals surface area contributed by atoms with Gasteiger partial charge in [0.25, 0.3) is 0 Å². The molecule has 3 aromatic heterocycles. The predicted octanol–water partition coefficient (Wildman–Crippen LogP) is 4.49. The van der Waals surface area contributed by atoms with E-state index < -0.39 is 0 Å². The summed E-state index contributed by atoms with van der Waals surface area (Å²) >= 11 is 3.34. The fourth-order valence-corrected chi connectivity index (χ4v) is 3.33. The highest BCUT2D eigenvalue weighted by atomic mass is 79.9. The van der Waals surface area contributed by atoms with Crippen LogP contribution in [0.3, 0.4) is 0 Å². The van der Waals surface area contributed by atoms with Crippen molar-refractivity contribution in [3.05, 3.63) is 65.3 Å². The third-order valence-electron chi connectivity index (χ3n) is 4.35. The SMILES string of the molecule is CCOC(C)n1cc(-c2ccn3nc(Br)nc3c2OCc2ccccc2)cn1. The summed E-state index contributed by atoms with van der Waals surface area (Å²) in [6.07, 6.45) is 5.48. The van der Waals surface area contributed by atoms with Crippen LogP contribution < -0.4 is 4.74 Å². The summed E-state index contributed by atoms with van der Waals surface area (Å²) in [5.74, 6) is 0.660. The largest absolute Gasteiger partial charge is 0.484 e. The van der Waals surface area contributed by atoms with Crippen molar-refractivity contribution in [2.24, 2.45) is 0 Å². The van der Waals surface area contributed by atoms with E-state index in [1.807, 2.05) is 68.8 Å². The van der Waals surface area contributed by atoms with Gasteiger partial charge in [-0.3, -0.25) is 0 Å². The molecule has 0 aliphatic rings. The van der Waals surface area contributed by atoms with E-state index in [0.29, 0.717) is 29.3 Å². The lowest BCUT2D eigenvalue weighted by Gasteiger charge is -2.12. The fraction of sp³-hybridized carbons (Fsp3) is 0.250. The maximum absolute atomic E-state index is 6.21. The van der Waals surface area contributed by atoms with Gasteiger partial charge < -0.3 is 9.47 Å². The van der Waals surface area contributed by atoms with Crippen molar-refractivity contribution in [2.45, 2.75) is 26.7 Å². The van der Waals surface area contributed by atoms with Crippen LogP contribution in [0, 0.1) is 0 Å². The first-order valence-corrected chi connectivity index (χ1v) is 9.82. The molecule has 3 heterocycles. The summed E-state index contributed by atoms with van der Waals surface area (Å²) < 4.78 is 15.8. The van der Waals surface area contributed by atoms with E-state index in [2.05, 4.69) is 31.1 Å². The molecule has 0 aliphatic heterocycles. The van der Waals surface area contributed by atoms with Gasteiger partial charge in [-0.2, -0.15) is 10.1 Å². The summed E-state index contributed by atoms with van der Waals surface area (Å²) in [5.41, 5.74) is 3.55. The van der Waals surface area contributed by atoms with Crippen molar-refractivity contribution in [1.82, 2.24) is 24.4 Å². The lowest BCUT2D eigenvalue weighted by atomic mass is 10.1. The average Bonchev–Trinajstić information content (AvgIpc) is 3.33. The minimum absolute atomic E-state index is 0.140. The maximum atomic E-state index is 6.21. The predicted molar refractivity (Wildman–Crippen MR) is 109 cm³/mol. The summed E-state index contributed by atoms with van der Waals surface area (Å²) in [7, 11) is 0. The minimum atomic E-state index is -0.140. The highest BCUT2D eigenvalue weighted by Crippen LogP contribution is 2.34. The van der Waals surface area contributed by atoms with Crippen molar-refractivity contribution in [2.75, 3.05) is 6.61 Å². The quantitative estimate of drug-likeness (QED) is 0.422. The van der Waals surface area contributed by atoms with Gasteiger partial charge in [0.2, 0.25) is 4.73 Å². The van der Waals surface area contributed by atoms with Crippen molar-refractivity contribution < 1.29 is 9.47 Å². The van der Waals surface area contributed by atoms with Crippen molar-refractivity contribution in [1.29, 1.82) is 0 Å². The molecular formula is C20H20BrN5O2. The van der Waals surface area contributed by atoms with E-state index >= 15 is 0 Å². The lowest BCUT2D eigenvalue weighted by Crippen LogP contribution is -2.09. The Hall–Kier alpha value is -2.71. The monoisotopic (exact) mass is 441 g/mol. The number of pyridine rings is 1. The number of aromatic nitrogens is 5. The number of ether oxygens (including phenoxy) is 2. The molecule has 28 heavy (non-hydrogen) atoms. The third-order valence-corrected chi connectivity index (χ3v) is 4.69. The Kier molecular flexibility index (Phi) is 5.40. The number of halogens is 1. The van der Waals surface area contributed by atoms with Crippen molar-refractivity contribution >= 4 is 21.6 Å². The first kappa shape index (κ1) is 18.6. The molecule has 0 fully saturated rings. The molecule has 1 unspecified atom stereocenters. The van der Waals surface area contributed by atoms with Crippen LogP contribution in [0.5, 0.6) is 5.75 Å². The highest BCUT2D eigenvalue weighted by molar-refractivity contribution is 9.10. The number of fused-ring (bicyclic) bond motifs is 1. The molecule has 1 atom stereocenters. The Morgan fingerprint density at radius 1 is 1.18 bits per heavy atom. The number of hydrogen-bond donors (Lipinski definition) is 0. The van der Waals surface area contributed by atoms with Crippen LogP contribution in [0.1, 0.15) is 25.6 Å². The van der Waals surface area contributed by atoms with Gasteiger partial charge in [0, 0.05) is 30.1 Å². The fourth-order valence-electron chi connectivity index (χ4n) is 2.99. The molecule has 8 heteroatoms. The molecule has 0 radical (unpaired) electrons. The van der Waals surface area contributed by atoms with E-state index in [1.165, 1.54) is 0 Å². The molecule has 0 amide bonds. The van der Waals surface area contributed by atoms with Gasteiger partial charge in [-0.1, -0.05) is 30.3 Å². The van der Waals surface area contributed by atoms with E-state index in [1.54, 1.807) is 9.20 Å². The lowest BCUT2D eigenvalue weighted by molar-refractivity contribution is 0.0160. The third kappa shape index (κ3) is 3.79. The molecular weight excluding hydrogens is 422 g/mol. The molecule has 0 spiro atoms. The normalized spacial score (nSPS) is 12.4. The Balaban J connectivity index is 1.73. The van der Waals surface area contributed by atoms with Gasteiger partial charge in [0.05, 0.1) is 6.20 Å². The van der Waals surface area contributed by atoms with Gasteiger partial charge in [-0.15, -0.1) is 5.10 Å². The van der Waals surface area contributed by atoms with Crippen LogP contribution in [-0.4, -0.2) is 31.0 Å². The molecule has 4 aromatic rings. The first-order chi connectivity index (χ1) is 13.7. The van der Waals surface area contributed by atoms with Crippen LogP contribution in [0.2, 0.25) is 0 Å². The Morgan fingerprint density at radius 3 is 2.79 bits per heavy atom. The van der Waals surface area contributed by atoms with E-state index in [-0.39, 0.29) is 6.23 Å². The molecule has 144 valence electrons. The van der Waals surface area contributed by atoms with E-state index in [0.717, 1.165) is 16.7 Å². The summed E-state index contributed by atoms with van der Waals surface area (Å²) in [6.45, 7) is 4.99. The van der Waals surface area contributed by atoms with E-state index in [9.17, 15) is 0 Å². The van der Waals surface area contributed by atoms with Gasteiger partial charge in [0.15, 0.2) is 11.4 Å². The number of nitrogens with zero attached hydrogens (tertiary/aromatic N) is 5. The van der Waals surface area contributed by atoms with Gasteiger partial charge in [-0.25, -0.2) is 9.20 Å². The summed E-state index contributed by atoms with van der Waals surface area (Å²) in [4.78, 5) is 4.47. The van der Waals surface area contributed by atoms with Crippen LogP contribution in [0.15, 0.2) is 59.7 Å². The number of rotatable bonds is 7. The Morgan fingerprint density at radius 2 is 2.00 bits per heavy atom. The average molecular weight is 442 g/mol. The van der Waals surface area contributed by atoms with Crippen LogP contribution >= 0.6 is 15.9 Å². The van der Waals surface area contributed by atoms with Gasteiger partial charge >= 0.3 is 0 Å². The second-order valence-corrected chi connectivity index (χ2v) is 6.95. The summed E-state index contributed by atoms with van der Waals surface area (Å²) in [6, 6.07) is 12.0. The van der Waals surface area contributed by atoms with Gasteiger partial charge in [-0.05, 0) is 41.4 Å². The standard InChI is InChI=1S/C20H20BrN5O2/c1-3-27-14(2)26-12-16(11-22-26)17-9-10-25-19(23-20(21)24-25)18(17)28-13-15-7-5-4-6-8-15/h4-12,14H,3,13H2,1-2H3. The number of hydrogen-bond acceptors (Lipinski definition) is 5. The minimum Gasteiger partial charge on any atom is -0.484 e. The smallest absolute Gasteiger partial charge is 0.218 e. The number of benzene rings is 1. The Bertz CT molecular complexity index is 1080. The molecule has 0 saturated carbocycles. The Labute approximate surface area is 171 Å². The maximum Gasteiger partial charge on any atom is 0.218 e. The molecule has 7 nitrogen and oxygen atoms in total. The van der Waals surface area contributed by atoms with Crippen LogP contribution in [-0.2, 0) is 11.3 Å². The summed E-state index contributed by atoms with van der Waals surface area (Å²) in [5, 5.41) is 8.76. The molecule has 0 saturated heterocycles. The van der Waals surface area contributed by atoms with Crippen LogP contribution in [0.4, 0.5) is 0 Å². The van der Waals surface area contributed by atoms with Crippen molar-refractivity contribution in [3.63, 3.8) is 0 Å². The molecule has 0 N–H and O–H groups in total. The zero-order valence-electron chi connectivity index (χ0n) is 15.6. The molecule has 4 rings (SSSR count). The van der Waals surface area contributed by atoms with Crippen LogP contribution in [0.25, 0.3) is 16.8 Å². The highest BCUT2D eigenvalue weighted by Gasteiger charge is 2.17. The van der Waals surface area contributed by atoms with E-state index in [4.69, 9.17) is 9.47 Å². The zero-order valence-corrected chi connectivity index (χ0v) is 17.2. The second-order valence-electron chi connectivity index (χ2n) is 6.25. The van der Waals surface area contributed by atoms with Crippen molar-refractivity contribution in [3.8, 4) is 16.9 Å². The first-order valence-electron chi connectivity index (χ1n) is 9.03. The second kappa shape index (κ2) is 8.12.